The number of hydrogen-bond donors (Lipinski definition) is 1. The van der Waals surface area contributed by atoms with Crippen molar-refractivity contribution in [3.8, 4) is 0 Å². The topological polar surface area (TPSA) is 26.0 Å². The van der Waals surface area contributed by atoms with Gasteiger partial charge in [0.15, 0.2) is 0 Å². The lowest BCUT2D eigenvalue weighted by molar-refractivity contribution is 1.56. The molecule has 1 heterocycles. The molecule has 2 N–H and O–H groups in total. The van der Waals surface area contributed by atoms with E-state index in [1.165, 1.54) is 19.4 Å². The van der Waals surface area contributed by atoms with Crippen molar-refractivity contribution < 1.29 is 0 Å². The maximum Gasteiger partial charge on any atom is 0.0401 e. The molecule has 1 aromatic heterocycles. The summed E-state index contributed by atoms with van der Waals surface area (Å²) in [7, 11) is 0. The van der Waals surface area contributed by atoms with Crippen LogP contribution >= 0.6 is 43.2 Å². The quantitative estimate of drug-likeness (QED) is 0.620. The maximum atomic E-state index is 5.70. The van der Waals surface area contributed by atoms with Crippen LogP contribution in [0.1, 0.15) is 4.88 Å². The van der Waals surface area contributed by atoms with Crippen molar-refractivity contribution in [3.63, 3.8) is 0 Å². The minimum atomic E-state index is 0.822. The molecule has 0 amide bonds. The molecule has 0 saturated heterocycles. The highest BCUT2D eigenvalue weighted by atomic mass is 79.9. The zero-order valence-electron chi connectivity index (χ0n) is 6.68. The van der Waals surface area contributed by atoms with Crippen LogP contribution in [0, 0.1) is 0 Å². The second kappa shape index (κ2) is 3.59. The van der Waals surface area contributed by atoms with Crippen LogP contribution in [0.15, 0.2) is 22.7 Å². The molecule has 0 fully saturated rings. The Bertz CT molecular complexity index is 450. The Hall–Kier alpha value is -0.0600. The van der Waals surface area contributed by atoms with Crippen molar-refractivity contribution >= 4 is 59.0 Å². The van der Waals surface area contributed by atoms with Crippen molar-refractivity contribution in [2.45, 2.75) is 5.33 Å². The fourth-order valence-corrected chi connectivity index (χ4v) is 4.07. The normalized spacial score (nSPS) is 10.9. The summed E-state index contributed by atoms with van der Waals surface area (Å²) >= 11 is 8.79. The summed E-state index contributed by atoms with van der Waals surface area (Å²) in [5.41, 5.74) is 6.53. The summed E-state index contributed by atoms with van der Waals surface area (Å²) in [5, 5.41) is 2.13. The van der Waals surface area contributed by atoms with Gasteiger partial charge in [0.05, 0.1) is 0 Å². The Labute approximate surface area is 97.2 Å². The van der Waals surface area contributed by atoms with Crippen LogP contribution < -0.4 is 5.73 Å². The Balaban J connectivity index is 2.76. The van der Waals surface area contributed by atoms with Gasteiger partial charge in [-0.1, -0.05) is 22.0 Å². The lowest BCUT2D eigenvalue weighted by Crippen LogP contribution is -1.81. The number of rotatable bonds is 1. The Morgan fingerprint density at radius 2 is 2.15 bits per heavy atom. The van der Waals surface area contributed by atoms with Gasteiger partial charge in [-0.15, -0.1) is 11.3 Å². The van der Waals surface area contributed by atoms with Gasteiger partial charge in [-0.3, -0.25) is 0 Å². The molecule has 0 bridgehead atoms. The number of fused-ring (bicyclic) bond motifs is 1. The standard InChI is InChI=1S/C9H7Br2NS/c10-4-8-9(11)6-2-1-5(12)3-7(6)13-8/h1-3H,4,12H2. The number of nitrogen functional groups attached to an aromatic ring is 1. The molecule has 0 spiro atoms. The Morgan fingerprint density at radius 3 is 2.85 bits per heavy atom. The average Bonchev–Trinajstić information content (AvgIpc) is 2.42. The molecule has 4 heteroatoms. The van der Waals surface area contributed by atoms with E-state index in [4.69, 9.17) is 5.73 Å². The minimum absolute atomic E-state index is 0.822. The predicted molar refractivity (Wildman–Crippen MR) is 66.6 cm³/mol. The van der Waals surface area contributed by atoms with Gasteiger partial charge in [-0.2, -0.15) is 0 Å². The second-order valence-corrected chi connectivity index (χ2v) is 5.22. The lowest BCUT2D eigenvalue weighted by Gasteiger charge is -1.92. The molecular formula is C9H7Br2NS. The van der Waals surface area contributed by atoms with Crippen LogP contribution in [-0.2, 0) is 5.33 Å². The average molecular weight is 321 g/mol. The van der Waals surface area contributed by atoms with Crippen molar-refractivity contribution in [1.82, 2.24) is 0 Å². The molecule has 0 aliphatic rings. The van der Waals surface area contributed by atoms with Crippen molar-refractivity contribution in [2.75, 3.05) is 5.73 Å². The first-order valence-corrected chi connectivity index (χ1v) is 6.48. The number of thiophene rings is 1. The van der Waals surface area contributed by atoms with Gasteiger partial charge in [0.1, 0.15) is 0 Å². The molecule has 1 nitrogen and oxygen atoms in total. The summed E-state index contributed by atoms with van der Waals surface area (Å²) in [6.07, 6.45) is 0. The summed E-state index contributed by atoms with van der Waals surface area (Å²) in [4.78, 5) is 1.31. The molecule has 13 heavy (non-hydrogen) atoms. The fourth-order valence-electron chi connectivity index (χ4n) is 1.22. The lowest BCUT2D eigenvalue weighted by atomic mass is 10.2. The number of anilines is 1. The highest BCUT2D eigenvalue weighted by Gasteiger charge is 2.08. The third kappa shape index (κ3) is 1.63. The smallest absolute Gasteiger partial charge is 0.0401 e. The van der Waals surface area contributed by atoms with Gasteiger partial charge >= 0.3 is 0 Å². The first kappa shape index (κ1) is 9.49. The molecule has 0 radical (unpaired) electrons. The molecule has 1 aromatic carbocycles. The van der Waals surface area contributed by atoms with E-state index in [0.717, 1.165) is 11.0 Å². The fraction of sp³-hybridized carbons (Fsp3) is 0.111. The predicted octanol–water partition coefficient (Wildman–Crippen LogP) is 4.14. The number of nitrogens with two attached hydrogens (primary N) is 1. The number of hydrogen-bond acceptors (Lipinski definition) is 2. The molecule has 2 rings (SSSR count). The molecule has 68 valence electrons. The zero-order chi connectivity index (χ0) is 9.42. The molecule has 0 unspecified atom stereocenters. The number of alkyl halides is 1. The monoisotopic (exact) mass is 319 g/mol. The third-order valence-electron chi connectivity index (χ3n) is 1.84. The van der Waals surface area contributed by atoms with Gasteiger partial charge in [-0.05, 0) is 28.1 Å². The van der Waals surface area contributed by atoms with Crippen LogP contribution in [0.2, 0.25) is 0 Å². The molecule has 0 atom stereocenters. The van der Waals surface area contributed by atoms with Gasteiger partial charge in [0.25, 0.3) is 0 Å². The highest BCUT2D eigenvalue weighted by molar-refractivity contribution is 9.11. The largest absolute Gasteiger partial charge is 0.399 e. The van der Waals surface area contributed by atoms with E-state index in [0.29, 0.717) is 0 Å². The second-order valence-electron chi connectivity index (χ2n) is 2.73. The van der Waals surface area contributed by atoms with E-state index in [-0.39, 0.29) is 0 Å². The Kier molecular flexibility index (Phi) is 2.62. The maximum absolute atomic E-state index is 5.70. The summed E-state index contributed by atoms with van der Waals surface area (Å²) in [6, 6.07) is 5.99. The van der Waals surface area contributed by atoms with Gasteiger partial charge < -0.3 is 5.73 Å². The van der Waals surface area contributed by atoms with Crippen LogP contribution in [0.25, 0.3) is 10.1 Å². The summed E-state index contributed by atoms with van der Waals surface area (Å²) < 4.78 is 2.42. The Morgan fingerprint density at radius 1 is 1.38 bits per heavy atom. The van der Waals surface area contributed by atoms with E-state index >= 15 is 0 Å². The van der Waals surface area contributed by atoms with Crippen molar-refractivity contribution in [2.24, 2.45) is 0 Å². The third-order valence-corrected chi connectivity index (χ3v) is 5.09. The van der Waals surface area contributed by atoms with E-state index in [1.54, 1.807) is 11.3 Å². The highest BCUT2D eigenvalue weighted by Crippen LogP contribution is 2.37. The number of halogens is 2. The van der Waals surface area contributed by atoms with Crippen LogP contribution in [0.4, 0.5) is 5.69 Å². The van der Waals surface area contributed by atoms with Crippen LogP contribution in [0.3, 0.4) is 0 Å². The first-order valence-electron chi connectivity index (χ1n) is 3.74. The molecule has 0 aliphatic heterocycles. The van der Waals surface area contributed by atoms with Gasteiger partial charge in [0, 0.05) is 30.5 Å². The zero-order valence-corrected chi connectivity index (χ0v) is 10.7. The van der Waals surface area contributed by atoms with Crippen LogP contribution in [0.5, 0.6) is 0 Å². The SMILES string of the molecule is Nc1ccc2c(Br)c(CBr)sc2c1. The molecule has 0 saturated carbocycles. The van der Waals surface area contributed by atoms with E-state index < -0.39 is 0 Å². The van der Waals surface area contributed by atoms with E-state index in [1.807, 2.05) is 12.1 Å². The summed E-state index contributed by atoms with van der Waals surface area (Å²) in [5.74, 6) is 0. The van der Waals surface area contributed by atoms with Crippen molar-refractivity contribution in [1.29, 1.82) is 0 Å². The van der Waals surface area contributed by atoms with E-state index in [9.17, 15) is 0 Å². The van der Waals surface area contributed by atoms with Gasteiger partial charge in [-0.25, -0.2) is 0 Å². The minimum Gasteiger partial charge on any atom is -0.399 e. The van der Waals surface area contributed by atoms with Crippen LogP contribution in [-0.4, -0.2) is 0 Å². The van der Waals surface area contributed by atoms with E-state index in [2.05, 4.69) is 37.9 Å². The summed E-state index contributed by atoms with van der Waals surface area (Å²) in [6.45, 7) is 0. The molecule has 2 aromatic rings. The molecular weight excluding hydrogens is 314 g/mol. The molecule has 0 aliphatic carbocycles. The first-order chi connectivity index (χ1) is 6.22. The van der Waals surface area contributed by atoms with Gasteiger partial charge in [0.2, 0.25) is 0 Å². The number of benzene rings is 1. The van der Waals surface area contributed by atoms with Crippen molar-refractivity contribution in [3.05, 3.63) is 27.5 Å².